The van der Waals surface area contributed by atoms with Crippen LogP contribution >= 0.6 is 24.0 Å². The van der Waals surface area contributed by atoms with Crippen molar-refractivity contribution in [3.05, 3.63) is 84.4 Å². The molecule has 1 fully saturated rings. The second-order valence-electron chi connectivity index (χ2n) is 7.64. The molecule has 1 aliphatic heterocycles. The minimum Gasteiger partial charge on any atom is -0.357 e. The van der Waals surface area contributed by atoms with Crippen molar-refractivity contribution in [1.82, 2.24) is 20.2 Å². The van der Waals surface area contributed by atoms with Crippen LogP contribution in [0, 0.1) is 0 Å². The molecular formula is C24H29IN6O. The van der Waals surface area contributed by atoms with Crippen LogP contribution in [0.1, 0.15) is 24.5 Å². The maximum atomic E-state index is 12.5. The summed E-state index contributed by atoms with van der Waals surface area (Å²) >= 11 is 0. The largest absolute Gasteiger partial charge is 0.357 e. The Balaban J connectivity index is 0.00000289. The van der Waals surface area contributed by atoms with Gasteiger partial charge in [-0.15, -0.1) is 24.0 Å². The molecule has 0 spiro atoms. The third-order valence-electron chi connectivity index (χ3n) is 5.21. The fourth-order valence-corrected chi connectivity index (χ4v) is 3.76. The third-order valence-corrected chi connectivity index (χ3v) is 5.21. The molecule has 3 aromatic rings. The number of hydrogen-bond donors (Lipinski definition) is 2. The van der Waals surface area contributed by atoms with Crippen LogP contribution in [0.2, 0.25) is 0 Å². The van der Waals surface area contributed by atoms with Crippen LogP contribution in [0.5, 0.6) is 0 Å². The predicted octanol–water partition coefficient (Wildman–Crippen LogP) is 3.41. The number of guanidine groups is 1. The number of carbonyl (C=O) groups is 1. The Hall–Kier alpha value is -2.88. The molecule has 32 heavy (non-hydrogen) atoms. The van der Waals surface area contributed by atoms with Gasteiger partial charge >= 0.3 is 0 Å². The molecule has 2 heterocycles. The summed E-state index contributed by atoms with van der Waals surface area (Å²) in [6.07, 6.45) is 6.02. The number of anilines is 1. The number of carbonyl (C=O) groups excluding carboxylic acids is 1. The van der Waals surface area contributed by atoms with E-state index in [9.17, 15) is 4.79 Å². The van der Waals surface area contributed by atoms with Crippen molar-refractivity contribution >= 4 is 41.5 Å². The summed E-state index contributed by atoms with van der Waals surface area (Å²) in [6.45, 7) is 4.79. The minimum atomic E-state index is 0. The first-order valence-electron chi connectivity index (χ1n) is 10.6. The van der Waals surface area contributed by atoms with Gasteiger partial charge in [0.15, 0.2) is 5.96 Å². The quantitative estimate of drug-likeness (QED) is 0.272. The number of hydrogen-bond acceptors (Lipinski definition) is 3. The fourth-order valence-electron chi connectivity index (χ4n) is 3.76. The number of aliphatic imine (C=N–C) groups is 1. The van der Waals surface area contributed by atoms with Gasteiger partial charge in [-0.25, -0.2) is 9.98 Å². The zero-order chi connectivity index (χ0) is 21.5. The molecule has 1 unspecified atom stereocenters. The number of nitrogens with zero attached hydrogens (tertiary/aromatic N) is 4. The molecule has 0 radical (unpaired) electrons. The van der Waals surface area contributed by atoms with E-state index in [0.717, 1.165) is 30.3 Å². The van der Waals surface area contributed by atoms with Crippen molar-refractivity contribution in [3.63, 3.8) is 0 Å². The summed E-state index contributed by atoms with van der Waals surface area (Å²) < 4.78 is 2.05. The van der Waals surface area contributed by atoms with E-state index in [1.54, 1.807) is 6.20 Å². The van der Waals surface area contributed by atoms with Gasteiger partial charge in [0, 0.05) is 44.1 Å². The van der Waals surface area contributed by atoms with E-state index in [1.165, 1.54) is 5.56 Å². The van der Waals surface area contributed by atoms with Gasteiger partial charge in [-0.2, -0.15) is 0 Å². The van der Waals surface area contributed by atoms with Gasteiger partial charge in [-0.1, -0.05) is 42.5 Å². The minimum absolute atomic E-state index is 0. The molecular weight excluding hydrogens is 515 g/mol. The number of amides is 1. The Morgan fingerprint density at radius 1 is 1.16 bits per heavy atom. The molecule has 0 bridgehead atoms. The fraction of sp³-hybridized carbons (Fsp3) is 0.292. The number of nitrogens with one attached hydrogen (secondary N) is 2. The second kappa shape index (κ2) is 11.7. The summed E-state index contributed by atoms with van der Waals surface area (Å²) in [7, 11) is 0. The van der Waals surface area contributed by atoms with Crippen LogP contribution < -0.4 is 15.5 Å². The molecule has 0 aliphatic carbocycles. The van der Waals surface area contributed by atoms with E-state index in [-0.39, 0.29) is 35.9 Å². The monoisotopic (exact) mass is 544 g/mol. The molecule has 168 valence electrons. The van der Waals surface area contributed by atoms with Crippen LogP contribution in [-0.2, 0) is 17.9 Å². The maximum Gasteiger partial charge on any atom is 0.229 e. The van der Waals surface area contributed by atoms with Crippen molar-refractivity contribution in [3.8, 4) is 0 Å². The van der Waals surface area contributed by atoms with Crippen LogP contribution in [0.4, 0.5) is 5.69 Å². The smallest absolute Gasteiger partial charge is 0.229 e. The van der Waals surface area contributed by atoms with E-state index in [4.69, 9.17) is 4.99 Å². The van der Waals surface area contributed by atoms with Crippen LogP contribution in [0.25, 0.3) is 0 Å². The van der Waals surface area contributed by atoms with E-state index < -0.39 is 0 Å². The van der Waals surface area contributed by atoms with Gasteiger partial charge in [0.2, 0.25) is 5.91 Å². The topological polar surface area (TPSA) is 74.5 Å². The third kappa shape index (κ3) is 6.32. The zero-order valence-corrected chi connectivity index (χ0v) is 20.5. The SMILES string of the molecule is CCNC(=NCc1cccc(Cn2ccnc2)c1)NC1CC(=O)N(c2ccccc2)C1.I. The molecule has 4 rings (SSSR count). The highest BCUT2D eigenvalue weighted by molar-refractivity contribution is 14.0. The number of aromatic nitrogens is 2. The summed E-state index contributed by atoms with van der Waals surface area (Å²) in [5.74, 6) is 0.863. The lowest BCUT2D eigenvalue weighted by molar-refractivity contribution is -0.117. The molecule has 1 atom stereocenters. The predicted molar refractivity (Wildman–Crippen MR) is 138 cm³/mol. The average molecular weight is 544 g/mol. The van der Waals surface area contributed by atoms with Gasteiger partial charge in [0.1, 0.15) is 0 Å². The summed E-state index contributed by atoms with van der Waals surface area (Å²) in [6, 6.07) is 18.3. The van der Waals surface area contributed by atoms with Gasteiger partial charge in [-0.3, -0.25) is 4.79 Å². The highest BCUT2D eigenvalue weighted by Gasteiger charge is 2.31. The Morgan fingerprint density at radius 2 is 1.97 bits per heavy atom. The van der Waals surface area contributed by atoms with Crippen molar-refractivity contribution in [2.24, 2.45) is 4.99 Å². The Morgan fingerprint density at radius 3 is 2.72 bits per heavy atom. The Kier molecular flexibility index (Phi) is 8.66. The highest BCUT2D eigenvalue weighted by Crippen LogP contribution is 2.21. The number of benzene rings is 2. The zero-order valence-electron chi connectivity index (χ0n) is 18.1. The Bertz CT molecular complexity index is 1020. The second-order valence-corrected chi connectivity index (χ2v) is 7.64. The molecule has 2 aromatic carbocycles. The molecule has 1 aliphatic rings. The van der Waals surface area contributed by atoms with Gasteiger partial charge in [-0.05, 0) is 30.2 Å². The summed E-state index contributed by atoms with van der Waals surface area (Å²) in [4.78, 5) is 23.2. The van der Waals surface area contributed by atoms with Crippen LogP contribution in [-0.4, -0.2) is 40.5 Å². The van der Waals surface area contributed by atoms with Crippen molar-refractivity contribution in [1.29, 1.82) is 0 Å². The first-order valence-corrected chi connectivity index (χ1v) is 10.6. The molecule has 1 amide bonds. The summed E-state index contributed by atoms with van der Waals surface area (Å²) in [5, 5.41) is 6.73. The van der Waals surface area contributed by atoms with E-state index in [0.29, 0.717) is 19.5 Å². The lowest BCUT2D eigenvalue weighted by Crippen LogP contribution is -2.44. The lowest BCUT2D eigenvalue weighted by Gasteiger charge is -2.19. The first-order chi connectivity index (χ1) is 15.2. The van der Waals surface area contributed by atoms with Gasteiger partial charge in [0.05, 0.1) is 18.9 Å². The standard InChI is InChI=1S/C24H28N6O.HI/c1-2-26-24(28-21-14-23(31)30(17-21)22-9-4-3-5-10-22)27-15-19-7-6-8-20(13-19)16-29-12-11-25-18-29;/h3-13,18,21H,2,14-17H2,1H3,(H2,26,27,28);1H. The van der Waals surface area contributed by atoms with Gasteiger partial charge in [0.25, 0.3) is 0 Å². The first kappa shape index (κ1) is 23.8. The summed E-state index contributed by atoms with van der Waals surface area (Å²) in [5.41, 5.74) is 3.29. The Labute approximate surface area is 206 Å². The van der Waals surface area contributed by atoms with Crippen molar-refractivity contribution in [2.75, 3.05) is 18.0 Å². The molecule has 0 saturated carbocycles. The molecule has 2 N–H and O–H groups in total. The molecule has 1 aromatic heterocycles. The number of rotatable bonds is 7. The van der Waals surface area contributed by atoms with Crippen LogP contribution in [0.3, 0.4) is 0 Å². The normalized spacial score (nSPS) is 16.0. The highest BCUT2D eigenvalue weighted by atomic mass is 127. The van der Waals surface area contributed by atoms with E-state index in [1.807, 2.05) is 59.2 Å². The molecule has 7 nitrogen and oxygen atoms in total. The molecule has 8 heteroatoms. The van der Waals surface area contributed by atoms with Crippen molar-refractivity contribution in [2.45, 2.75) is 32.5 Å². The van der Waals surface area contributed by atoms with Crippen LogP contribution in [0.15, 0.2) is 78.3 Å². The van der Waals surface area contributed by atoms with Crippen molar-refractivity contribution < 1.29 is 4.79 Å². The maximum absolute atomic E-state index is 12.5. The van der Waals surface area contributed by atoms with Gasteiger partial charge < -0.3 is 20.1 Å². The number of para-hydroxylation sites is 1. The van der Waals surface area contributed by atoms with E-state index >= 15 is 0 Å². The molecule has 1 saturated heterocycles. The lowest BCUT2D eigenvalue weighted by atomic mass is 10.1. The average Bonchev–Trinajstić information content (AvgIpc) is 3.42. The number of halogens is 1. The number of imidazole rings is 1. The van der Waals surface area contributed by atoms with E-state index in [2.05, 4.69) is 39.9 Å².